The van der Waals surface area contributed by atoms with Crippen molar-refractivity contribution < 1.29 is 30.0 Å². The van der Waals surface area contributed by atoms with Gasteiger partial charge in [0.15, 0.2) is 6.29 Å². The fourth-order valence-electron chi connectivity index (χ4n) is 3.36. The molecule has 29 heavy (non-hydrogen) atoms. The molecule has 1 fully saturated rings. The van der Waals surface area contributed by atoms with E-state index in [0.717, 1.165) is 11.3 Å². The smallest absolute Gasteiger partial charge is 0.251 e. The predicted octanol–water partition coefficient (Wildman–Crippen LogP) is -0.469. The van der Waals surface area contributed by atoms with Crippen LogP contribution in [0, 0.1) is 0 Å². The molecule has 2 aromatic heterocycles. The number of aliphatic hydroxyl groups excluding tert-OH is 4. The first-order valence-corrected chi connectivity index (χ1v) is 9.13. The lowest BCUT2D eigenvalue weighted by Gasteiger charge is -2.40. The minimum absolute atomic E-state index is 0.265. The summed E-state index contributed by atoms with van der Waals surface area (Å²) >= 11 is 0. The van der Waals surface area contributed by atoms with Gasteiger partial charge in [-0.2, -0.15) is 0 Å². The molecule has 9 nitrogen and oxygen atoms in total. The first-order valence-electron chi connectivity index (χ1n) is 9.13. The molecule has 4 rings (SSSR count). The quantitative estimate of drug-likeness (QED) is 0.400. The molecule has 9 heteroatoms. The van der Waals surface area contributed by atoms with Crippen LogP contribution in [0.1, 0.15) is 10.4 Å². The van der Waals surface area contributed by atoms with Gasteiger partial charge in [0.1, 0.15) is 30.0 Å². The molecule has 0 aliphatic carbocycles. The van der Waals surface area contributed by atoms with E-state index in [0.29, 0.717) is 5.65 Å². The van der Waals surface area contributed by atoms with Crippen molar-refractivity contribution in [1.82, 2.24) is 14.7 Å². The SMILES string of the molecule is O=C(NC1C(O)O[C@H](CO)C(O)[C@@H]1O)c1ccn2cc(-c3ccccc3)nc2c1. The number of carbonyl (C=O) groups is 1. The van der Waals surface area contributed by atoms with Crippen molar-refractivity contribution in [2.24, 2.45) is 0 Å². The summed E-state index contributed by atoms with van der Waals surface area (Å²) < 4.78 is 6.83. The maximum Gasteiger partial charge on any atom is 0.251 e. The van der Waals surface area contributed by atoms with Crippen LogP contribution >= 0.6 is 0 Å². The maximum absolute atomic E-state index is 12.6. The Hall–Kier alpha value is -2.82. The minimum Gasteiger partial charge on any atom is -0.394 e. The first-order chi connectivity index (χ1) is 14.0. The highest BCUT2D eigenvalue weighted by molar-refractivity contribution is 5.95. The van der Waals surface area contributed by atoms with Crippen molar-refractivity contribution in [3.8, 4) is 11.3 Å². The van der Waals surface area contributed by atoms with Crippen LogP contribution in [0.3, 0.4) is 0 Å². The Morgan fingerprint density at radius 2 is 1.90 bits per heavy atom. The van der Waals surface area contributed by atoms with E-state index in [-0.39, 0.29) is 5.56 Å². The summed E-state index contributed by atoms with van der Waals surface area (Å²) in [6, 6.07) is 11.5. The van der Waals surface area contributed by atoms with Gasteiger partial charge < -0.3 is 34.9 Å². The number of amides is 1. The number of benzene rings is 1. The molecule has 0 saturated carbocycles. The van der Waals surface area contributed by atoms with Crippen molar-refractivity contribution in [3.63, 3.8) is 0 Å². The van der Waals surface area contributed by atoms with Crippen molar-refractivity contribution >= 4 is 11.6 Å². The van der Waals surface area contributed by atoms with Crippen LogP contribution in [0.15, 0.2) is 54.9 Å². The molecule has 5 atom stereocenters. The van der Waals surface area contributed by atoms with Gasteiger partial charge in [0.05, 0.1) is 12.3 Å². The van der Waals surface area contributed by atoms with Crippen LogP contribution in [0.5, 0.6) is 0 Å². The summed E-state index contributed by atoms with van der Waals surface area (Å²) in [4.78, 5) is 17.2. The Bertz CT molecular complexity index is 1010. The Balaban J connectivity index is 1.54. The lowest BCUT2D eigenvalue weighted by molar-refractivity contribution is -0.252. The second-order valence-corrected chi connectivity index (χ2v) is 6.90. The molecule has 5 N–H and O–H groups in total. The largest absolute Gasteiger partial charge is 0.394 e. The summed E-state index contributed by atoms with van der Waals surface area (Å²) in [5.41, 5.74) is 2.52. The van der Waals surface area contributed by atoms with Gasteiger partial charge in [-0.1, -0.05) is 30.3 Å². The summed E-state index contributed by atoms with van der Waals surface area (Å²) in [7, 11) is 0. The normalized spacial score (nSPS) is 27.1. The fraction of sp³-hybridized carbons (Fsp3) is 0.300. The van der Waals surface area contributed by atoms with Gasteiger partial charge in [-0.15, -0.1) is 0 Å². The Labute approximate surface area is 165 Å². The van der Waals surface area contributed by atoms with Gasteiger partial charge in [-0.25, -0.2) is 4.98 Å². The number of nitrogens with zero attached hydrogens (tertiary/aromatic N) is 2. The number of aliphatic hydroxyl groups is 4. The Morgan fingerprint density at radius 3 is 2.62 bits per heavy atom. The van der Waals surface area contributed by atoms with Gasteiger partial charge in [0, 0.05) is 23.5 Å². The molecular formula is C20H21N3O6. The molecule has 1 aliphatic rings. The number of pyridine rings is 1. The number of aromatic nitrogens is 2. The zero-order valence-corrected chi connectivity index (χ0v) is 15.3. The lowest BCUT2D eigenvalue weighted by Crippen LogP contribution is -2.64. The monoisotopic (exact) mass is 399 g/mol. The zero-order valence-electron chi connectivity index (χ0n) is 15.3. The number of rotatable bonds is 4. The molecule has 1 aromatic carbocycles. The number of fused-ring (bicyclic) bond motifs is 1. The van der Waals surface area contributed by atoms with E-state index in [1.54, 1.807) is 22.7 Å². The number of hydrogen-bond donors (Lipinski definition) is 5. The molecular weight excluding hydrogens is 378 g/mol. The topological polar surface area (TPSA) is 137 Å². The molecule has 0 spiro atoms. The summed E-state index contributed by atoms with van der Waals surface area (Å²) in [6.07, 6.45) is -2.12. The summed E-state index contributed by atoms with van der Waals surface area (Å²) in [5.74, 6) is -0.571. The van der Waals surface area contributed by atoms with Crippen LogP contribution in [-0.4, -0.2) is 73.0 Å². The molecule has 1 aliphatic heterocycles. The number of ether oxygens (including phenoxy) is 1. The third kappa shape index (κ3) is 3.74. The predicted molar refractivity (Wildman–Crippen MR) is 102 cm³/mol. The number of imidazole rings is 1. The molecule has 1 amide bonds. The Kier molecular flexibility index (Phi) is 5.31. The van der Waals surface area contributed by atoms with Gasteiger partial charge in [-0.3, -0.25) is 4.79 Å². The Morgan fingerprint density at radius 1 is 1.14 bits per heavy atom. The second-order valence-electron chi connectivity index (χ2n) is 6.90. The van der Waals surface area contributed by atoms with Crippen molar-refractivity contribution in [3.05, 3.63) is 60.4 Å². The fourth-order valence-corrected chi connectivity index (χ4v) is 3.36. The van der Waals surface area contributed by atoms with Gasteiger partial charge in [-0.05, 0) is 12.1 Å². The number of hydrogen-bond acceptors (Lipinski definition) is 7. The molecule has 3 aromatic rings. The molecule has 3 heterocycles. The van der Waals surface area contributed by atoms with E-state index >= 15 is 0 Å². The molecule has 152 valence electrons. The summed E-state index contributed by atoms with van der Waals surface area (Å²) in [5, 5.41) is 41.7. The van der Waals surface area contributed by atoms with E-state index in [1.165, 1.54) is 0 Å². The van der Waals surface area contributed by atoms with Crippen LogP contribution in [0.2, 0.25) is 0 Å². The molecule has 3 unspecified atom stereocenters. The zero-order chi connectivity index (χ0) is 20.5. The third-order valence-corrected chi connectivity index (χ3v) is 4.99. The first kappa shape index (κ1) is 19.5. The minimum atomic E-state index is -1.57. The average Bonchev–Trinajstić information content (AvgIpc) is 3.17. The highest BCUT2D eigenvalue weighted by Gasteiger charge is 2.44. The number of nitrogens with one attached hydrogen (secondary N) is 1. The van der Waals surface area contributed by atoms with Gasteiger partial charge in [0.25, 0.3) is 5.91 Å². The van der Waals surface area contributed by atoms with Crippen molar-refractivity contribution in [1.29, 1.82) is 0 Å². The standard InChI is InChI=1S/C20H21N3O6/c24-10-14-17(25)18(26)16(20(28)29-14)22-19(27)12-6-7-23-9-13(21-15(23)8-12)11-4-2-1-3-5-11/h1-9,14,16-18,20,24-26,28H,10H2,(H,22,27)/t14-,16?,17?,18-,20?/m1/s1. The number of carbonyl (C=O) groups excluding carboxylic acids is 1. The van der Waals surface area contributed by atoms with Crippen LogP contribution in [0.4, 0.5) is 0 Å². The second kappa shape index (κ2) is 7.90. The van der Waals surface area contributed by atoms with E-state index in [2.05, 4.69) is 10.3 Å². The van der Waals surface area contributed by atoms with Crippen LogP contribution in [0.25, 0.3) is 16.9 Å². The molecule has 1 saturated heterocycles. The molecule has 0 radical (unpaired) electrons. The lowest BCUT2D eigenvalue weighted by atomic mass is 9.97. The van der Waals surface area contributed by atoms with E-state index in [9.17, 15) is 20.1 Å². The third-order valence-electron chi connectivity index (χ3n) is 4.99. The van der Waals surface area contributed by atoms with Crippen molar-refractivity contribution in [2.45, 2.75) is 30.6 Å². The highest BCUT2D eigenvalue weighted by Crippen LogP contribution is 2.21. The van der Waals surface area contributed by atoms with E-state index in [1.807, 2.05) is 36.5 Å². The van der Waals surface area contributed by atoms with E-state index < -0.39 is 43.2 Å². The maximum atomic E-state index is 12.6. The summed E-state index contributed by atoms with van der Waals surface area (Å²) in [6.45, 7) is -0.573. The van der Waals surface area contributed by atoms with E-state index in [4.69, 9.17) is 9.84 Å². The highest BCUT2D eigenvalue weighted by atomic mass is 16.6. The molecule has 0 bridgehead atoms. The van der Waals surface area contributed by atoms with Crippen LogP contribution in [-0.2, 0) is 4.74 Å². The van der Waals surface area contributed by atoms with Crippen molar-refractivity contribution in [2.75, 3.05) is 6.61 Å². The van der Waals surface area contributed by atoms with Gasteiger partial charge in [0.2, 0.25) is 0 Å². The van der Waals surface area contributed by atoms with Gasteiger partial charge >= 0.3 is 0 Å². The average molecular weight is 399 g/mol. The van der Waals surface area contributed by atoms with Crippen LogP contribution < -0.4 is 5.32 Å².